The third-order valence-corrected chi connectivity index (χ3v) is 1.40. The zero-order valence-electron chi connectivity index (χ0n) is 8.16. The number of phenolic OH excluding ortho intramolecular Hbond substituents is 1. The number of aromatic hydroxyl groups is 1. The number of phenols is 1. The molecule has 3 heteroatoms. The van der Waals surface area contributed by atoms with Crippen LogP contribution in [-0.4, -0.2) is 10.9 Å². The summed E-state index contributed by atoms with van der Waals surface area (Å²) in [5, 5.41) is 9.13. The maximum atomic E-state index is 10.8. The van der Waals surface area contributed by atoms with E-state index in [-0.39, 0.29) is 17.1 Å². The van der Waals surface area contributed by atoms with E-state index in [0.29, 0.717) is 5.69 Å². The minimum Gasteiger partial charge on any atom is -0.507 e. The predicted molar refractivity (Wildman–Crippen MR) is 53.9 cm³/mol. The largest absolute Gasteiger partial charge is 0.507 e. The second-order valence-corrected chi connectivity index (χ2v) is 2.33. The van der Waals surface area contributed by atoms with Gasteiger partial charge in [-0.15, -0.1) is 0 Å². The van der Waals surface area contributed by atoms with Gasteiger partial charge in [0.1, 0.15) is 5.75 Å². The number of hydrogen-bond donors (Lipinski definition) is 2. The van der Waals surface area contributed by atoms with Gasteiger partial charge in [0, 0.05) is 5.69 Å². The normalized spacial score (nSPS) is 8.54. The van der Waals surface area contributed by atoms with Crippen molar-refractivity contribution in [3.8, 4) is 5.75 Å². The van der Waals surface area contributed by atoms with Crippen LogP contribution in [0.1, 0.15) is 31.1 Å². The number of carbonyl (C=O) groups is 1. The van der Waals surface area contributed by atoms with Gasteiger partial charge in [0.05, 0.1) is 5.56 Å². The minimum absolute atomic E-state index is 0.0216. The van der Waals surface area contributed by atoms with E-state index in [9.17, 15) is 4.79 Å². The number of Topliss-reactive ketones (excluding diaryl/α,β-unsaturated/α-hetero) is 1. The van der Waals surface area contributed by atoms with Crippen molar-refractivity contribution in [3.63, 3.8) is 0 Å². The first kappa shape index (κ1) is 11.5. The third kappa shape index (κ3) is 3.15. The molecule has 0 amide bonds. The predicted octanol–water partition coefficient (Wildman–Crippen LogP) is 2.20. The van der Waals surface area contributed by atoms with E-state index in [2.05, 4.69) is 0 Å². The molecule has 1 rings (SSSR count). The number of ketones is 1. The second-order valence-electron chi connectivity index (χ2n) is 2.33. The third-order valence-electron chi connectivity index (χ3n) is 1.40. The smallest absolute Gasteiger partial charge is 0.163 e. The van der Waals surface area contributed by atoms with E-state index in [4.69, 9.17) is 10.8 Å². The molecular weight excluding hydrogens is 166 g/mol. The summed E-state index contributed by atoms with van der Waals surface area (Å²) < 4.78 is 0. The van der Waals surface area contributed by atoms with E-state index in [1.54, 1.807) is 6.07 Å². The lowest BCUT2D eigenvalue weighted by Crippen LogP contribution is -1.94. The Morgan fingerprint density at radius 1 is 1.38 bits per heavy atom. The van der Waals surface area contributed by atoms with Gasteiger partial charge in [0.15, 0.2) is 5.78 Å². The molecule has 0 aliphatic carbocycles. The number of carbonyl (C=O) groups excluding carboxylic acids is 1. The van der Waals surface area contributed by atoms with Crippen molar-refractivity contribution in [2.75, 3.05) is 5.73 Å². The Labute approximate surface area is 78.2 Å². The number of anilines is 1. The Bertz CT molecular complexity index is 295. The fraction of sp³-hybridized carbons (Fsp3) is 0.300. The van der Waals surface area contributed by atoms with Gasteiger partial charge in [0.2, 0.25) is 0 Å². The van der Waals surface area contributed by atoms with Crippen LogP contribution in [0.5, 0.6) is 5.75 Å². The number of nitrogens with two attached hydrogens (primary N) is 1. The van der Waals surface area contributed by atoms with Gasteiger partial charge in [-0.25, -0.2) is 0 Å². The van der Waals surface area contributed by atoms with Gasteiger partial charge in [-0.05, 0) is 25.1 Å². The van der Waals surface area contributed by atoms with Crippen molar-refractivity contribution in [2.24, 2.45) is 0 Å². The lowest BCUT2D eigenvalue weighted by Gasteiger charge is -2.00. The van der Waals surface area contributed by atoms with Gasteiger partial charge < -0.3 is 10.8 Å². The highest BCUT2D eigenvalue weighted by molar-refractivity contribution is 5.97. The standard InChI is InChI=1S/C8H9NO2.C2H6/c1-5(10)7-4-6(9)2-3-8(7)11;1-2/h2-4,11H,9H2,1H3;1-2H3. The van der Waals surface area contributed by atoms with Crippen LogP contribution in [0.15, 0.2) is 18.2 Å². The maximum absolute atomic E-state index is 10.8. The van der Waals surface area contributed by atoms with E-state index < -0.39 is 0 Å². The molecule has 0 fully saturated rings. The number of rotatable bonds is 1. The first-order valence-corrected chi connectivity index (χ1v) is 4.20. The zero-order chi connectivity index (χ0) is 10.4. The summed E-state index contributed by atoms with van der Waals surface area (Å²) in [5.41, 5.74) is 6.15. The summed E-state index contributed by atoms with van der Waals surface area (Å²) in [7, 11) is 0. The summed E-state index contributed by atoms with van der Waals surface area (Å²) in [6, 6.07) is 4.41. The molecule has 0 atom stereocenters. The molecule has 0 bridgehead atoms. The van der Waals surface area contributed by atoms with E-state index in [1.165, 1.54) is 19.1 Å². The molecule has 13 heavy (non-hydrogen) atoms. The highest BCUT2D eigenvalue weighted by atomic mass is 16.3. The van der Waals surface area contributed by atoms with Gasteiger partial charge in [0.25, 0.3) is 0 Å². The molecule has 0 saturated carbocycles. The van der Waals surface area contributed by atoms with Crippen molar-refractivity contribution in [1.82, 2.24) is 0 Å². The Balaban J connectivity index is 0.000000671. The fourth-order valence-corrected chi connectivity index (χ4v) is 0.836. The van der Waals surface area contributed by atoms with E-state index in [0.717, 1.165) is 0 Å². The van der Waals surface area contributed by atoms with Gasteiger partial charge in [-0.1, -0.05) is 13.8 Å². The summed E-state index contributed by atoms with van der Waals surface area (Å²) in [6.07, 6.45) is 0. The van der Waals surface area contributed by atoms with Crippen LogP contribution >= 0.6 is 0 Å². The number of hydrogen-bond acceptors (Lipinski definition) is 3. The van der Waals surface area contributed by atoms with Crippen LogP contribution in [0.25, 0.3) is 0 Å². The van der Waals surface area contributed by atoms with Gasteiger partial charge in [-0.2, -0.15) is 0 Å². The maximum Gasteiger partial charge on any atom is 0.163 e. The van der Waals surface area contributed by atoms with Crippen molar-refractivity contribution in [1.29, 1.82) is 0 Å². The van der Waals surface area contributed by atoms with Crippen LogP contribution in [0, 0.1) is 0 Å². The molecule has 0 spiro atoms. The van der Waals surface area contributed by atoms with E-state index in [1.807, 2.05) is 13.8 Å². The molecule has 0 aliphatic rings. The Morgan fingerprint density at radius 2 is 1.92 bits per heavy atom. The Morgan fingerprint density at radius 3 is 2.31 bits per heavy atom. The van der Waals surface area contributed by atoms with Crippen molar-refractivity contribution in [2.45, 2.75) is 20.8 Å². The summed E-state index contributed by atoms with van der Waals surface area (Å²) >= 11 is 0. The van der Waals surface area contributed by atoms with Crippen molar-refractivity contribution >= 4 is 11.5 Å². The van der Waals surface area contributed by atoms with Crippen LogP contribution in [0.2, 0.25) is 0 Å². The van der Waals surface area contributed by atoms with Gasteiger partial charge >= 0.3 is 0 Å². The summed E-state index contributed by atoms with van der Waals surface area (Å²) in [5.74, 6) is -0.207. The molecule has 1 aromatic rings. The SMILES string of the molecule is CC.CC(=O)c1cc(N)ccc1O. The topological polar surface area (TPSA) is 63.3 Å². The lowest BCUT2D eigenvalue weighted by atomic mass is 10.1. The fourth-order valence-electron chi connectivity index (χ4n) is 0.836. The molecule has 0 aromatic heterocycles. The average molecular weight is 181 g/mol. The molecule has 0 heterocycles. The van der Waals surface area contributed by atoms with Crippen molar-refractivity contribution < 1.29 is 9.90 Å². The van der Waals surface area contributed by atoms with Crippen LogP contribution < -0.4 is 5.73 Å². The van der Waals surface area contributed by atoms with Crippen LogP contribution in [0.3, 0.4) is 0 Å². The molecule has 3 N–H and O–H groups in total. The first-order chi connectivity index (χ1) is 6.11. The summed E-state index contributed by atoms with van der Waals surface area (Å²) in [4.78, 5) is 10.8. The molecule has 0 unspecified atom stereocenters. The van der Waals surface area contributed by atoms with Crippen molar-refractivity contribution in [3.05, 3.63) is 23.8 Å². The molecule has 72 valence electrons. The average Bonchev–Trinajstić information content (AvgIpc) is 2.12. The van der Waals surface area contributed by atoms with Crippen LogP contribution in [0.4, 0.5) is 5.69 Å². The highest BCUT2D eigenvalue weighted by Crippen LogP contribution is 2.19. The molecule has 0 aliphatic heterocycles. The van der Waals surface area contributed by atoms with Gasteiger partial charge in [-0.3, -0.25) is 4.79 Å². The highest BCUT2D eigenvalue weighted by Gasteiger charge is 2.04. The molecule has 0 saturated heterocycles. The summed E-state index contributed by atoms with van der Waals surface area (Å²) in [6.45, 7) is 5.38. The minimum atomic E-state index is -0.185. The molecule has 1 aromatic carbocycles. The number of nitrogen functional groups attached to an aromatic ring is 1. The quantitative estimate of drug-likeness (QED) is 0.396. The second kappa shape index (κ2) is 5.19. The van der Waals surface area contributed by atoms with Crippen LogP contribution in [-0.2, 0) is 0 Å². The zero-order valence-corrected chi connectivity index (χ0v) is 8.16. The lowest BCUT2D eigenvalue weighted by molar-refractivity contribution is 0.101. The monoisotopic (exact) mass is 181 g/mol. The molecular formula is C10H15NO2. The van der Waals surface area contributed by atoms with E-state index >= 15 is 0 Å². The molecule has 0 radical (unpaired) electrons. The molecule has 3 nitrogen and oxygen atoms in total. The Kier molecular flexibility index (Phi) is 4.59. The Hall–Kier alpha value is -1.51. The first-order valence-electron chi connectivity index (χ1n) is 4.20. The number of benzene rings is 1.